The second kappa shape index (κ2) is 10.1. The Hall–Kier alpha value is -1.76. The smallest absolute Gasteiger partial charge is 0.306 e. The number of carbonyl (C=O) groups is 2. The van der Waals surface area contributed by atoms with Gasteiger partial charge in [0.1, 0.15) is 19.3 Å². The summed E-state index contributed by atoms with van der Waals surface area (Å²) in [5.74, 6) is -0.997. The van der Waals surface area contributed by atoms with Gasteiger partial charge < -0.3 is 25.4 Å². The number of carbonyl (C=O) groups excluding carboxylic acids is 2. The van der Waals surface area contributed by atoms with Crippen molar-refractivity contribution in [3.05, 3.63) is 0 Å². The van der Waals surface area contributed by atoms with E-state index in [-0.39, 0.29) is 26.1 Å². The lowest BCUT2D eigenvalue weighted by atomic mass is 10.2. The predicted molar refractivity (Wildman–Crippen MR) is 73.2 cm³/mol. The normalized spacial score (nSPS) is 11.6. The van der Waals surface area contributed by atoms with E-state index in [9.17, 15) is 14.7 Å². The van der Waals surface area contributed by atoms with Crippen LogP contribution in [0.3, 0.4) is 0 Å². The van der Waals surface area contributed by atoms with Crippen molar-refractivity contribution < 1.29 is 24.2 Å². The van der Waals surface area contributed by atoms with Gasteiger partial charge in [0, 0.05) is 11.4 Å². The van der Waals surface area contributed by atoms with E-state index in [1.165, 1.54) is 0 Å². The summed E-state index contributed by atoms with van der Waals surface area (Å²) in [6, 6.07) is 0. The maximum absolute atomic E-state index is 11.2. The molecule has 0 radical (unpaired) electrons. The molecule has 0 aliphatic rings. The lowest BCUT2D eigenvalue weighted by molar-refractivity contribution is -0.152. The summed E-state index contributed by atoms with van der Waals surface area (Å²) in [6.45, 7) is 2.70. The Balaban J connectivity index is 3.70. The van der Waals surface area contributed by atoms with Gasteiger partial charge in [-0.3, -0.25) is 9.59 Å². The zero-order valence-electron chi connectivity index (χ0n) is 11.9. The molecule has 0 spiro atoms. The average Bonchev–Trinajstić information content (AvgIpc) is 2.37. The molecule has 0 atom stereocenters. The third-order valence-corrected chi connectivity index (χ3v) is 2.28. The SMILES string of the molecule is CC(=N)CCC(=O)OCC(O)COC(=O)CCC(C)=N. The summed E-state index contributed by atoms with van der Waals surface area (Å²) in [7, 11) is 0. The summed E-state index contributed by atoms with van der Waals surface area (Å²) in [5.41, 5.74) is 0.774. The second-order valence-corrected chi connectivity index (χ2v) is 4.58. The molecule has 0 heterocycles. The van der Waals surface area contributed by atoms with Gasteiger partial charge in [-0.1, -0.05) is 0 Å². The molecule has 0 unspecified atom stereocenters. The van der Waals surface area contributed by atoms with E-state index >= 15 is 0 Å². The van der Waals surface area contributed by atoms with Gasteiger partial charge >= 0.3 is 11.9 Å². The largest absolute Gasteiger partial charge is 0.463 e. The number of esters is 2. The lowest BCUT2D eigenvalue weighted by Crippen LogP contribution is -2.25. The molecule has 0 saturated carbocycles. The monoisotopic (exact) mass is 286 g/mol. The molecule has 0 aromatic carbocycles. The molecule has 0 fully saturated rings. The van der Waals surface area contributed by atoms with Gasteiger partial charge in [0.05, 0.1) is 12.8 Å². The zero-order chi connectivity index (χ0) is 15.5. The molecule has 0 bridgehead atoms. The Morgan fingerprint density at radius 3 is 1.55 bits per heavy atom. The lowest BCUT2D eigenvalue weighted by Gasteiger charge is -2.12. The Bertz CT molecular complexity index is 334. The number of hydrogen-bond acceptors (Lipinski definition) is 7. The number of aliphatic hydroxyl groups excluding tert-OH is 1. The van der Waals surface area contributed by atoms with Gasteiger partial charge in [0.25, 0.3) is 0 Å². The quantitative estimate of drug-likeness (QED) is 0.410. The van der Waals surface area contributed by atoms with E-state index in [0.29, 0.717) is 24.3 Å². The van der Waals surface area contributed by atoms with Crippen molar-refractivity contribution in [1.29, 1.82) is 10.8 Å². The fourth-order valence-corrected chi connectivity index (χ4v) is 1.15. The van der Waals surface area contributed by atoms with E-state index in [1.54, 1.807) is 13.8 Å². The molecule has 0 aromatic heterocycles. The van der Waals surface area contributed by atoms with Gasteiger partial charge in [-0.2, -0.15) is 0 Å². The first kappa shape index (κ1) is 18.2. The molecule has 0 amide bonds. The molecular weight excluding hydrogens is 264 g/mol. The van der Waals surface area contributed by atoms with Crippen molar-refractivity contribution >= 4 is 23.4 Å². The first-order chi connectivity index (χ1) is 9.31. The molecule has 0 aromatic rings. The highest BCUT2D eigenvalue weighted by atomic mass is 16.6. The maximum atomic E-state index is 11.2. The van der Waals surface area contributed by atoms with Gasteiger partial charge in [0.2, 0.25) is 0 Å². The molecule has 7 heteroatoms. The predicted octanol–water partition coefficient (Wildman–Crippen LogP) is 1.07. The van der Waals surface area contributed by atoms with Crippen LogP contribution in [0.1, 0.15) is 39.5 Å². The third-order valence-electron chi connectivity index (χ3n) is 2.28. The highest BCUT2D eigenvalue weighted by Crippen LogP contribution is 1.98. The Morgan fingerprint density at radius 2 is 1.25 bits per heavy atom. The number of rotatable bonds is 10. The molecular formula is C13H22N2O5. The number of aliphatic hydroxyl groups is 1. The van der Waals surface area contributed by atoms with E-state index in [2.05, 4.69) is 0 Å². The van der Waals surface area contributed by atoms with Crippen LogP contribution in [0.25, 0.3) is 0 Å². The Morgan fingerprint density at radius 1 is 0.900 bits per heavy atom. The topological polar surface area (TPSA) is 121 Å². The van der Waals surface area contributed by atoms with Crippen LogP contribution in [-0.4, -0.2) is 47.8 Å². The molecule has 114 valence electrons. The summed E-state index contributed by atoms with van der Waals surface area (Å²) in [5, 5.41) is 23.8. The van der Waals surface area contributed by atoms with Crippen LogP contribution in [0.15, 0.2) is 0 Å². The summed E-state index contributed by atoms with van der Waals surface area (Å²) in [6.07, 6.45) is -0.217. The van der Waals surface area contributed by atoms with E-state index in [4.69, 9.17) is 20.3 Å². The second-order valence-electron chi connectivity index (χ2n) is 4.58. The standard InChI is InChI=1S/C13H22N2O5/c1-9(14)3-5-12(17)19-7-11(16)8-20-13(18)6-4-10(2)15/h11,14-16H,3-8H2,1-2H3. The van der Waals surface area contributed by atoms with Crippen molar-refractivity contribution in [2.45, 2.75) is 45.6 Å². The van der Waals surface area contributed by atoms with Crippen LogP contribution in [0, 0.1) is 10.8 Å². The van der Waals surface area contributed by atoms with Crippen molar-refractivity contribution in [1.82, 2.24) is 0 Å². The Labute approximate surface area is 118 Å². The first-order valence-electron chi connectivity index (χ1n) is 6.38. The average molecular weight is 286 g/mol. The van der Waals surface area contributed by atoms with Crippen molar-refractivity contribution in [3.63, 3.8) is 0 Å². The minimum Gasteiger partial charge on any atom is -0.463 e. The van der Waals surface area contributed by atoms with Crippen LogP contribution >= 0.6 is 0 Å². The fourth-order valence-electron chi connectivity index (χ4n) is 1.15. The molecule has 7 nitrogen and oxygen atoms in total. The minimum atomic E-state index is -1.06. The van der Waals surface area contributed by atoms with Crippen molar-refractivity contribution in [3.8, 4) is 0 Å². The highest BCUT2D eigenvalue weighted by molar-refractivity contribution is 5.83. The molecule has 0 aliphatic carbocycles. The maximum Gasteiger partial charge on any atom is 0.306 e. The molecule has 0 saturated heterocycles. The zero-order valence-corrected chi connectivity index (χ0v) is 11.9. The van der Waals surface area contributed by atoms with Crippen LogP contribution in [0.5, 0.6) is 0 Å². The highest BCUT2D eigenvalue weighted by Gasteiger charge is 2.12. The number of nitrogens with one attached hydrogen (secondary N) is 2. The van der Waals surface area contributed by atoms with Crippen molar-refractivity contribution in [2.24, 2.45) is 0 Å². The molecule has 0 aliphatic heterocycles. The summed E-state index contributed by atoms with van der Waals surface area (Å²) in [4.78, 5) is 22.4. The van der Waals surface area contributed by atoms with Crippen molar-refractivity contribution in [2.75, 3.05) is 13.2 Å². The summed E-state index contributed by atoms with van der Waals surface area (Å²) >= 11 is 0. The van der Waals surface area contributed by atoms with E-state index in [0.717, 1.165) is 0 Å². The molecule has 20 heavy (non-hydrogen) atoms. The fraction of sp³-hybridized carbons (Fsp3) is 0.692. The van der Waals surface area contributed by atoms with Gasteiger partial charge in [-0.25, -0.2) is 0 Å². The van der Waals surface area contributed by atoms with Gasteiger partial charge in [0.15, 0.2) is 0 Å². The molecule has 3 N–H and O–H groups in total. The van der Waals surface area contributed by atoms with Gasteiger partial charge in [-0.05, 0) is 26.7 Å². The van der Waals surface area contributed by atoms with Gasteiger partial charge in [-0.15, -0.1) is 0 Å². The summed E-state index contributed by atoms with van der Waals surface area (Å²) < 4.78 is 9.55. The molecule has 0 rings (SSSR count). The number of ether oxygens (including phenoxy) is 2. The Kier molecular flexibility index (Phi) is 9.19. The van der Waals surface area contributed by atoms with E-state index < -0.39 is 18.0 Å². The first-order valence-corrected chi connectivity index (χ1v) is 6.38. The van der Waals surface area contributed by atoms with Crippen LogP contribution in [0.4, 0.5) is 0 Å². The third kappa shape index (κ3) is 11.3. The van der Waals surface area contributed by atoms with Crippen LogP contribution < -0.4 is 0 Å². The van der Waals surface area contributed by atoms with E-state index in [1.807, 2.05) is 0 Å². The van der Waals surface area contributed by atoms with Crippen LogP contribution in [-0.2, 0) is 19.1 Å². The minimum absolute atomic E-state index is 0.0977. The van der Waals surface area contributed by atoms with Crippen LogP contribution in [0.2, 0.25) is 0 Å². The number of hydrogen-bond donors (Lipinski definition) is 3.